The molecule has 0 bridgehead atoms. The first-order valence-corrected chi connectivity index (χ1v) is 5.42. The fourth-order valence-electron chi connectivity index (χ4n) is 1.98. The van der Waals surface area contributed by atoms with Gasteiger partial charge in [0.15, 0.2) is 0 Å². The van der Waals surface area contributed by atoms with Crippen LogP contribution in [0.25, 0.3) is 0 Å². The van der Waals surface area contributed by atoms with Gasteiger partial charge in [-0.15, -0.1) is 0 Å². The molecule has 2 rings (SSSR count). The van der Waals surface area contributed by atoms with E-state index in [0.717, 1.165) is 31.7 Å². The molecular weight excluding hydrogens is 208 g/mol. The van der Waals surface area contributed by atoms with Crippen molar-refractivity contribution < 1.29 is 14.3 Å². The predicted octanol–water partition coefficient (Wildman–Crippen LogP) is 1.10. The first-order chi connectivity index (χ1) is 7.72. The Bertz CT molecular complexity index is 381. The van der Waals surface area contributed by atoms with Gasteiger partial charge in [0.1, 0.15) is 5.69 Å². The second-order valence-corrected chi connectivity index (χ2v) is 3.96. The van der Waals surface area contributed by atoms with Gasteiger partial charge in [0.25, 0.3) is 0 Å². The normalized spacial score (nSPS) is 17.4. The number of hydrogen-bond donors (Lipinski definition) is 0. The Labute approximate surface area is 94.3 Å². The number of carbonyl (C=O) groups is 1. The van der Waals surface area contributed by atoms with Crippen LogP contribution >= 0.6 is 0 Å². The number of hydrogen-bond acceptors (Lipinski definition) is 4. The van der Waals surface area contributed by atoms with Crippen molar-refractivity contribution >= 4 is 5.97 Å². The van der Waals surface area contributed by atoms with Gasteiger partial charge in [-0.3, -0.25) is 4.68 Å². The van der Waals surface area contributed by atoms with Crippen molar-refractivity contribution in [1.82, 2.24) is 9.78 Å². The Hall–Kier alpha value is -1.36. The smallest absolute Gasteiger partial charge is 0.356 e. The number of nitrogens with zero attached hydrogens (tertiary/aromatic N) is 2. The maximum Gasteiger partial charge on any atom is 0.356 e. The van der Waals surface area contributed by atoms with Gasteiger partial charge in [-0.2, -0.15) is 5.10 Å². The first kappa shape index (κ1) is 11.1. The zero-order chi connectivity index (χ0) is 11.5. The van der Waals surface area contributed by atoms with E-state index >= 15 is 0 Å². The summed E-state index contributed by atoms with van der Waals surface area (Å²) in [6.07, 6.45) is 1.94. The highest BCUT2D eigenvalue weighted by molar-refractivity contribution is 5.87. The molecular formula is C11H16N2O3. The standard InChI is InChI=1S/C11H16N2O3/c1-13-10(11(14)15-2)7-9(12-13)8-3-5-16-6-4-8/h7-8H,3-6H2,1-2H3. The van der Waals surface area contributed by atoms with Crippen molar-refractivity contribution in [2.24, 2.45) is 7.05 Å². The van der Waals surface area contributed by atoms with Crippen molar-refractivity contribution in [3.63, 3.8) is 0 Å². The summed E-state index contributed by atoms with van der Waals surface area (Å²) in [6.45, 7) is 1.55. The second kappa shape index (κ2) is 4.65. The molecule has 0 amide bonds. The van der Waals surface area contributed by atoms with Crippen molar-refractivity contribution in [3.05, 3.63) is 17.5 Å². The number of aryl methyl sites for hydroxylation is 1. The molecule has 1 fully saturated rings. The molecule has 0 atom stereocenters. The van der Waals surface area contributed by atoms with Gasteiger partial charge in [0, 0.05) is 26.2 Å². The molecule has 1 aliphatic heterocycles. The molecule has 1 saturated heterocycles. The molecule has 88 valence electrons. The minimum Gasteiger partial charge on any atom is -0.464 e. The summed E-state index contributed by atoms with van der Waals surface area (Å²) < 4.78 is 11.6. The van der Waals surface area contributed by atoms with Gasteiger partial charge in [-0.1, -0.05) is 0 Å². The summed E-state index contributed by atoms with van der Waals surface area (Å²) in [6, 6.07) is 1.82. The third kappa shape index (κ3) is 2.09. The fraction of sp³-hybridized carbons (Fsp3) is 0.636. The number of aromatic nitrogens is 2. The lowest BCUT2D eigenvalue weighted by Gasteiger charge is -2.19. The fourth-order valence-corrected chi connectivity index (χ4v) is 1.98. The van der Waals surface area contributed by atoms with E-state index in [-0.39, 0.29) is 5.97 Å². The Morgan fingerprint density at radius 1 is 1.56 bits per heavy atom. The average Bonchev–Trinajstić information content (AvgIpc) is 2.71. The molecule has 0 aromatic carbocycles. The zero-order valence-electron chi connectivity index (χ0n) is 9.60. The van der Waals surface area contributed by atoms with E-state index < -0.39 is 0 Å². The molecule has 1 aliphatic rings. The summed E-state index contributed by atoms with van der Waals surface area (Å²) in [5.41, 5.74) is 1.47. The van der Waals surface area contributed by atoms with E-state index in [0.29, 0.717) is 11.6 Å². The highest BCUT2D eigenvalue weighted by Gasteiger charge is 2.21. The molecule has 1 aromatic rings. The lowest BCUT2D eigenvalue weighted by Crippen LogP contribution is -2.14. The molecule has 0 radical (unpaired) electrons. The zero-order valence-corrected chi connectivity index (χ0v) is 9.60. The van der Waals surface area contributed by atoms with E-state index in [1.807, 2.05) is 6.07 Å². The minimum atomic E-state index is -0.340. The molecule has 0 saturated carbocycles. The Morgan fingerprint density at radius 3 is 2.88 bits per heavy atom. The highest BCUT2D eigenvalue weighted by atomic mass is 16.5. The van der Waals surface area contributed by atoms with E-state index in [1.54, 1.807) is 11.7 Å². The maximum atomic E-state index is 11.4. The van der Waals surface area contributed by atoms with Gasteiger partial charge in [0.2, 0.25) is 0 Å². The van der Waals surface area contributed by atoms with Crippen LogP contribution in [0, 0.1) is 0 Å². The summed E-state index contributed by atoms with van der Waals surface area (Å²) in [7, 11) is 3.14. The third-order valence-corrected chi connectivity index (χ3v) is 2.93. The van der Waals surface area contributed by atoms with Crippen molar-refractivity contribution in [1.29, 1.82) is 0 Å². The number of methoxy groups -OCH3 is 1. The molecule has 0 spiro atoms. The SMILES string of the molecule is COC(=O)c1cc(C2CCOCC2)nn1C. The Kier molecular flexibility index (Phi) is 3.24. The van der Waals surface area contributed by atoms with Crippen LogP contribution in [-0.2, 0) is 16.5 Å². The largest absolute Gasteiger partial charge is 0.464 e. The number of rotatable bonds is 2. The number of esters is 1. The molecule has 0 unspecified atom stereocenters. The third-order valence-electron chi connectivity index (χ3n) is 2.93. The first-order valence-electron chi connectivity index (χ1n) is 5.42. The number of ether oxygens (including phenoxy) is 2. The average molecular weight is 224 g/mol. The molecule has 5 heteroatoms. The number of carbonyl (C=O) groups excluding carboxylic acids is 1. The quantitative estimate of drug-likeness (QED) is 0.706. The van der Waals surface area contributed by atoms with Crippen LogP contribution < -0.4 is 0 Å². The van der Waals surface area contributed by atoms with Crippen molar-refractivity contribution in [2.45, 2.75) is 18.8 Å². The van der Waals surface area contributed by atoms with Gasteiger partial charge in [-0.05, 0) is 18.9 Å². The van der Waals surface area contributed by atoms with Crippen LogP contribution in [0.3, 0.4) is 0 Å². The Morgan fingerprint density at radius 2 is 2.25 bits per heavy atom. The lowest BCUT2D eigenvalue weighted by atomic mass is 9.96. The Balaban J connectivity index is 2.19. The molecule has 0 N–H and O–H groups in total. The molecule has 16 heavy (non-hydrogen) atoms. The van der Waals surface area contributed by atoms with Crippen LogP contribution in [0.1, 0.15) is 34.9 Å². The molecule has 5 nitrogen and oxygen atoms in total. The lowest BCUT2D eigenvalue weighted by molar-refractivity contribution is 0.0588. The summed E-state index contributed by atoms with van der Waals surface area (Å²) >= 11 is 0. The van der Waals surface area contributed by atoms with E-state index in [2.05, 4.69) is 5.10 Å². The van der Waals surface area contributed by atoms with Crippen LogP contribution in [0.2, 0.25) is 0 Å². The predicted molar refractivity (Wildman–Crippen MR) is 57.3 cm³/mol. The van der Waals surface area contributed by atoms with Crippen LogP contribution in [0.4, 0.5) is 0 Å². The molecule has 0 aliphatic carbocycles. The van der Waals surface area contributed by atoms with Gasteiger partial charge >= 0.3 is 5.97 Å². The van der Waals surface area contributed by atoms with Gasteiger partial charge in [0.05, 0.1) is 12.8 Å². The highest BCUT2D eigenvalue weighted by Crippen LogP contribution is 2.26. The minimum absolute atomic E-state index is 0.340. The van der Waals surface area contributed by atoms with E-state index in [4.69, 9.17) is 9.47 Å². The van der Waals surface area contributed by atoms with Crippen LogP contribution in [0.15, 0.2) is 6.07 Å². The van der Waals surface area contributed by atoms with Crippen LogP contribution in [-0.4, -0.2) is 36.1 Å². The second-order valence-electron chi connectivity index (χ2n) is 3.96. The van der Waals surface area contributed by atoms with Gasteiger partial charge in [-0.25, -0.2) is 4.79 Å². The summed E-state index contributed by atoms with van der Waals surface area (Å²) in [5, 5.41) is 4.36. The topological polar surface area (TPSA) is 53.4 Å². The van der Waals surface area contributed by atoms with Gasteiger partial charge < -0.3 is 9.47 Å². The molecule has 1 aromatic heterocycles. The van der Waals surface area contributed by atoms with Crippen LogP contribution in [0.5, 0.6) is 0 Å². The summed E-state index contributed by atoms with van der Waals surface area (Å²) in [5.74, 6) is 0.0617. The maximum absolute atomic E-state index is 11.4. The van der Waals surface area contributed by atoms with E-state index in [1.165, 1.54) is 7.11 Å². The van der Waals surface area contributed by atoms with Crippen molar-refractivity contribution in [3.8, 4) is 0 Å². The monoisotopic (exact) mass is 224 g/mol. The van der Waals surface area contributed by atoms with E-state index in [9.17, 15) is 4.79 Å². The summed E-state index contributed by atoms with van der Waals surface area (Å²) in [4.78, 5) is 11.4. The molecule has 2 heterocycles. The van der Waals surface area contributed by atoms with Crippen molar-refractivity contribution in [2.75, 3.05) is 20.3 Å².